The van der Waals surface area contributed by atoms with Crippen LogP contribution in [0.25, 0.3) is 0 Å². The first-order valence-corrected chi connectivity index (χ1v) is 8.14. The quantitative estimate of drug-likeness (QED) is 0.753. The van der Waals surface area contributed by atoms with Crippen molar-refractivity contribution < 1.29 is 0 Å². The molecule has 0 bridgehead atoms. The summed E-state index contributed by atoms with van der Waals surface area (Å²) in [6.45, 7) is 2.66. The van der Waals surface area contributed by atoms with Crippen molar-refractivity contribution in [2.75, 3.05) is 13.1 Å². The fourth-order valence-electron chi connectivity index (χ4n) is 3.78. The second-order valence-electron chi connectivity index (χ2n) is 5.65. The van der Waals surface area contributed by atoms with Crippen LogP contribution in [-0.4, -0.2) is 18.0 Å². The van der Waals surface area contributed by atoms with Crippen LogP contribution in [-0.2, 0) is 5.54 Å². The molecule has 3 heteroatoms. The van der Waals surface area contributed by atoms with Crippen LogP contribution in [0.15, 0.2) is 16.8 Å². The Hall–Kier alpha value is -0.0500. The maximum atomic E-state index is 2.82. The molecular weight excluding hydrogens is 262 g/mol. The van der Waals surface area contributed by atoms with Crippen LogP contribution in [0.2, 0.25) is 0 Å². The first-order chi connectivity index (χ1) is 8.42. The molecule has 1 nitrogen and oxygen atoms in total. The van der Waals surface area contributed by atoms with E-state index in [-0.39, 0.29) is 12.4 Å². The van der Waals surface area contributed by atoms with Gasteiger partial charge in [-0.3, -0.25) is 4.90 Å². The summed E-state index contributed by atoms with van der Waals surface area (Å²) in [5.41, 5.74) is 2.03. The predicted molar refractivity (Wildman–Crippen MR) is 81.8 cm³/mol. The van der Waals surface area contributed by atoms with Gasteiger partial charge in [-0.15, -0.1) is 12.4 Å². The van der Waals surface area contributed by atoms with E-state index in [1.54, 1.807) is 5.56 Å². The molecule has 2 aliphatic rings. The van der Waals surface area contributed by atoms with Crippen LogP contribution in [0.5, 0.6) is 0 Å². The van der Waals surface area contributed by atoms with Gasteiger partial charge in [0.2, 0.25) is 0 Å². The zero-order chi connectivity index (χ0) is 11.6. The highest BCUT2D eigenvalue weighted by molar-refractivity contribution is 7.08. The zero-order valence-electron chi connectivity index (χ0n) is 11.1. The average Bonchev–Trinajstić information content (AvgIpc) is 2.95. The molecule has 1 saturated heterocycles. The standard InChI is InChI=1S/C15H23NS.ClH/c1-3-8-15(9-4-1,14-7-12-17-13-14)16-10-5-2-6-11-16;/h7,12-13H,1-6,8-11H2;1H. The normalized spacial score (nSPS) is 24.4. The third kappa shape index (κ3) is 2.61. The van der Waals surface area contributed by atoms with Gasteiger partial charge in [0.1, 0.15) is 0 Å². The molecule has 0 unspecified atom stereocenters. The monoisotopic (exact) mass is 285 g/mol. The average molecular weight is 286 g/mol. The SMILES string of the molecule is Cl.c1cc(C2(N3CCCCC3)CCCCC2)cs1. The molecule has 1 aliphatic heterocycles. The summed E-state index contributed by atoms with van der Waals surface area (Å²) >= 11 is 1.87. The summed E-state index contributed by atoms with van der Waals surface area (Å²) in [7, 11) is 0. The lowest BCUT2D eigenvalue weighted by Gasteiger charge is -2.48. The number of likely N-dealkylation sites (tertiary alicyclic amines) is 1. The van der Waals surface area contributed by atoms with Gasteiger partial charge in [0.25, 0.3) is 0 Å². The first kappa shape index (κ1) is 14.4. The van der Waals surface area contributed by atoms with E-state index >= 15 is 0 Å². The highest BCUT2D eigenvalue weighted by Crippen LogP contribution is 2.44. The van der Waals surface area contributed by atoms with E-state index in [1.807, 2.05) is 11.3 Å². The maximum Gasteiger partial charge on any atom is 0.0468 e. The molecule has 0 radical (unpaired) electrons. The molecule has 1 saturated carbocycles. The molecule has 1 aromatic rings. The van der Waals surface area contributed by atoms with E-state index in [2.05, 4.69) is 21.7 Å². The van der Waals surface area contributed by atoms with Crippen LogP contribution in [0, 0.1) is 0 Å². The minimum absolute atomic E-state index is 0. The summed E-state index contributed by atoms with van der Waals surface area (Å²) in [5.74, 6) is 0. The van der Waals surface area contributed by atoms with Crippen molar-refractivity contribution in [3.63, 3.8) is 0 Å². The molecule has 18 heavy (non-hydrogen) atoms. The number of hydrogen-bond acceptors (Lipinski definition) is 2. The highest BCUT2D eigenvalue weighted by atomic mass is 35.5. The van der Waals surface area contributed by atoms with Gasteiger partial charge in [0.05, 0.1) is 0 Å². The van der Waals surface area contributed by atoms with Crippen LogP contribution < -0.4 is 0 Å². The third-order valence-electron chi connectivity index (χ3n) is 4.70. The van der Waals surface area contributed by atoms with E-state index in [4.69, 9.17) is 0 Å². The summed E-state index contributed by atoms with van der Waals surface area (Å²) in [6, 6.07) is 2.38. The van der Waals surface area contributed by atoms with Crippen molar-refractivity contribution in [2.45, 2.75) is 56.9 Å². The van der Waals surface area contributed by atoms with Gasteiger partial charge in [-0.05, 0) is 61.2 Å². The Labute approximate surface area is 121 Å². The van der Waals surface area contributed by atoms with Crippen molar-refractivity contribution in [3.8, 4) is 0 Å². The molecule has 0 spiro atoms. The zero-order valence-corrected chi connectivity index (χ0v) is 12.7. The lowest BCUT2D eigenvalue weighted by Crippen LogP contribution is -2.49. The highest BCUT2D eigenvalue weighted by Gasteiger charge is 2.39. The van der Waals surface area contributed by atoms with Gasteiger partial charge in [0, 0.05) is 5.54 Å². The summed E-state index contributed by atoms with van der Waals surface area (Å²) in [6.07, 6.45) is 11.3. The first-order valence-electron chi connectivity index (χ1n) is 7.20. The van der Waals surface area contributed by atoms with Gasteiger partial charge in [-0.25, -0.2) is 0 Å². The third-order valence-corrected chi connectivity index (χ3v) is 5.38. The molecule has 1 aliphatic carbocycles. The van der Waals surface area contributed by atoms with Crippen LogP contribution >= 0.6 is 23.7 Å². The summed E-state index contributed by atoms with van der Waals surface area (Å²) < 4.78 is 0. The molecular formula is C15H24ClNS. The van der Waals surface area contributed by atoms with Crippen LogP contribution in [0.4, 0.5) is 0 Å². The van der Waals surface area contributed by atoms with E-state index in [9.17, 15) is 0 Å². The van der Waals surface area contributed by atoms with Gasteiger partial charge in [-0.1, -0.05) is 25.7 Å². The smallest absolute Gasteiger partial charge is 0.0468 e. The van der Waals surface area contributed by atoms with Gasteiger partial charge in [0.15, 0.2) is 0 Å². The van der Waals surface area contributed by atoms with Crippen molar-refractivity contribution in [2.24, 2.45) is 0 Å². The lowest BCUT2D eigenvalue weighted by atomic mass is 9.75. The molecule has 2 fully saturated rings. The molecule has 2 heterocycles. The van der Waals surface area contributed by atoms with Crippen LogP contribution in [0.3, 0.4) is 0 Å². The minimum atomic E-state index is 0. The van der Waals surface area contributed by atoms with Crippen molar-refractivity contribution >= 4 is 23.7 Å². The van der Waals surface area contributed by atoms with Crippen LogP contribution in [0.1, 0.15) is 56.9 Å². The molecule has 0 amide bonds. The maximum absolute atomic E-state index is 2.82. The fourth-order valence-corrected chi connectivity index (χ4v) is 4.52. The number of nitrogens with zero attached hydrogens (tertiary/aromatic N) is 1. The van der Waals surface area contributed by atoms with Crippen molar-refractivity contribution in [1.29, 1.82) is 0 Å². The molecule has 0 atom stereocenters. The molecule has 102 valence electrons. The second kappa shape index (κ2) is 6.40. The Morgan fingerprint density at radius 3 is 2.22 bits per heavy atom. The molecule has 0 N–H and O–H groups in total. The summed E-state index contributed by atoms with van der Waals surface area (Å²) in [5, 5.41) is 4.66. The Bertz CT molecular complexity index is 337. The number of hydrogen-bond donors (Lipinski definition) is 0. The van der Waals surface area contributed by atoms with E-state index < -0.39 is 0 Å². The topological polar surface area (TPSA) is 3.24 Å². The van der Waals surface area contributed by atoms with E-state index in [0.29, 0.717) is 5.54 Å². The van der Waals surface area contributed by atoms with Gasteiger partial charge in [-0.2, -0.15) is 11.3 Å². The Morgan fingerprint density at radius 2 is 1.61 bits per heavy atom. The molecule has 0 aromatic carbocycles. The van der Waals surface area contributed by atoms with E-state index in [1.165, 1.54) is 64.5 Å². The Balaban J connectivity index is 0.00000120. The van der Waals surface area contributed by atoms with Gasteiger partial charge >= 0.3 is 0 Å². The number of thiophene rings is 1. The summed E-state index contributed by atoms with van der Waals surface area (Å²) in [4.78, 5) is 2.82. The second-order valence-corrected chi connectivity index (χ2v) is 6.43. The molecule has 1 aromatic heterocycles. The van der Waals surface area contributed by atoms with Crippen molar-refractivity contribution in [3.05, 3.63) is 22.4 Å². The number of piperidine rings is 1. The van der Waals surface area contributed by atoms with Gasteiger partial charge < -0.3 is 0 Å². The van der Waals surface area contributed by atoms with Crippen molar-refractivity contribution in [1.82, 2.24) is 4.90 Å². The number of halogens is 1. The lowest BCUT2D eigenvalue weighted by molar-refractivity contribution is 0.0307. The fraction of sp³-hybridized carbons (Fsp3) is 0.733. The Morgan fingerprint density at radius 1 is 0.944 bits per heavy atom. The Kier molecular flexibility index (Phi) is 5.11. The predicted octanol–water partition coefficient (Wildman–Crippen LogP) is 4.82. The minimum Gasteiger partial charge on any atom is -0.294 e. The number of rotatable bonds is 2. The molecule has 3 rings (SSSR count). The van der Waals surface area contributed by atoms with E-state index in [0.717, 1.165) is 0 Å². The largest absolute Gasteiger partial charge is 0.294 e.